The van der Waals surface area contributed by atoms with Gasteiger partial charge in [-0.3, -0.25) is 0 Å². The molecule has 0 aliphatic carbocycles. The summed E-state index contributed by atoms with van der Waals surface area (Å²) < 4.78 is 4.98. The second-order valence-electron chi connectivity index (χ2n) is 3.25. The minimum Gasteiger partial charge on any atom is -0.383 e. The van der Waals surface area contributed by atoms with Crippen LogP contribution in [0, 0.1) is 0 Å². The number of rotatable bonds is 7. The van der Waals surface area contributed by atoms with E-state index in [1.54, 1.807) is 7.11 Å². The van der Waals surface area contributed by atoms with Crippen LogP contribution in [0.4, 0.5) is 0 Å². The fourth-order valence-corrected chi connectivity index (χ4v) is 0.831. The van der Waals surface area contributed by atoms with E-state index in [0.717, 1.165) is 30.8 Å². The monoisotopic (exact) mass is 195 g/mol. The molecule has 0 unspecified atom stereocenters. The van der Waals surface area contributed by atoms with Gasteiger partial charge < -0.3 is 9.64 Å². The highest BCUT2D eigenvalue weighted by atomic mass is 16.5. The van der Waals surface area contributed by atoms with Gasteiger partial charge in [0.1, 0.15) is 0 Å². The first kappa shape index (κ1) is 13.0. The highest BCUT2D eigenvalue weighted by Crippen LogP contribution is 2.04. The normalized spacial score (nSPS) is 10.5. The molecule has 0 radical (unpaired) electrons. The molecule has 0 saturated carbocycles. The molecule has 0 fully saturated rings. The maximum absolute atomic E-state index is 4.98. The summed E-state index contributed by atoms with van der Waals surface area (Å²) in [7, 11) is 3.70. The van der Waals surface area contributed by atoms with Crippen molar-refractivity contribution in [3.05, 3.63) is 36.6 Å². The van der Waals surface area contributed by atoms with E-state index in [4.69, 9.17) is 4.74 Å². The van der Waals surface area contributed by atoms with Gasteiger partial charge in [0.25, 0.3) is 0 Å². The summed E-state index contributed by atoms with van der Waals surface area (Å²) >= 11 is 0. The van der Waals surface area contributed by atoms with Gasteiger partial charge in [0, 0.05) is 26.4 Å². The molecule has 0 bridgehead atoms. The number of nitrogens with zero attached hydrogens (tertiary/aromatic N) is 1. The van der Waals surface area contributed by atoms with Crippen LogP contribution in [0.1, 0.15) is 13.3 Å². The molecule has 0 saturated heterocycles. The van der Waals surface area contributed by atoms with E-state index < -0.39 is 0 Å². The summed E-state index contributed by atoms with van der Waals surface area (Å²) in [5.74, 6) is 0. The van der Waals surface area contributed by atoms with Gasteiger partial charge in [-0.15, -0.1) is 0 Å². The van der Waals surface area contributed by atoms with E-state index in [0.29, 0.717) is 0 Å². The number of hydrogen-bond acceptors (Lipinski definition) is 2. The standard InChI is InChI=1S/C12H21NO/c1-6-11(2)7-8-12(3)13(4)9-10-14-5/h7-8H,2-3,6,9-10H2,1,4-5H3/b8-7-. The first-order chi connectivity index (χ1) is 6.61. The third-order valence-electron chi connectivity index (χ3n) is 2.09. The van der Waals surface area contributed by atoms with Crippen LogP contribution in [0.3, 0.4) is 0 Å². The second-order valence-corrected chi connectivity index (χ2v) is 3.25. The maximum atomic E-state index is 4.98. The Labute approximate surface area is 87.6 Å². The van der Waals surface area contributed by atoms with E-state index in [-0.39, 0.29) is 0 Å². The Morgan fingerprint density at radius 1 is 1.36 bits per heavy atom. The van der Waals surface area contributed by atoms with Crippen molar-refractivity contribution in [2.75, 3.05) is 27.3 Å². The third-order valence-corrected chi connectivity index (χ3v) is 2.09. The van der Waals surface area contributed by atoms with Crippen molar-refractivity contribution in [2.24, 2.45) is 0 Å². The largest absolute Gasteiger partial charge is 0.383 e. The number of hydrogen-bond donors (Lipinski definition) is 0. The van der Waals surface area contributed by atoms with E-state index in [9.17, 15) is 0 Å². The summed E-state index contributed by atoms with van der Waals surface area (Å²) in [5, 5.41) is 0. The van der Waals surface area contributed by atoms with Gasteiger partial charge in [0.15, 0.2) is 0 Å². The lowest BCUT2D eigenvalue weighted by atomic mass is 10.2. The molecule has 0 aliphatic rings. The lowest BCUT2D eigenvalue weighted by Crippen LogP contribution is -2.20. The van der Waals surface area contributed by atoms with Crippen molar-refractivity contribution in [3.8, 4) is 0 Å². The van der Waals surface area contributed by atoms with Crippen molar-refractivity contribution in [1.82, 2.24) is 4.90 Å². The van der Waals surface area contributed by atoms with Crippen LogP contribution in [-0.4, -0.2) is 32.2 Å². The van der Waals surface area contributed by atoms with Crippen LogP contribution in [-0.2, 0) is 4.74 Å². The molecule has 80 valence electrons. The number of methoxy groups -OCH3 is 1. The van der Waals surface area contributed by atoms with Gasteiger partial charge in [-0.2, -0.15) is 0 Å². The van der Waals surface area contributed by atoms with Gasteiger partial charge in [0.2, 0.25) is 0 Å². The van der Waals surface area contributed by atoms with Gasteiger partial charge in [-0.05, 0) is 12.5 Å². The quantitative estimate of drug-likeness (QED) is 0.579. The molecule has 0 atom stereocenters. The Morgan fingerprint density at radius 2 is 2.00 bits per heavy atom. The topological polar surface area (TPSA) is 12.5 Å². The predicted octanol–water partition coefficient (Wildman–Crippen LogP) is 2.60. The van der Waals surface area contributed by atoms with Gasteiger partial charge in [-0.1, -0.05) is 31.7 Å². The lowest BCUT2D eigenvalue weighted by molar-refractivity contribution is 0.175. The second kappa shape index (κ2) is 7.39. The Kier molecular flexibility index (Phi) is 6.85. The average molecular weight is 195 g/mol. The Balaban J connectivity index is 3.94. The first-order valence-electron chi connectivity index (χ1n) is 4.86. The molecule has 14 heavy (non-hydrogen) atoms. The highest BCUT2D eigenvalue weighted by Gasteiger charge is 1.97. The maximum Gasteiger partial charge on any atom is 0.0637 e. The first-order valence-corrected chi connectivity index (χ1v) is 4.86. The third kappa shape index (κ3) is 5.60. The predicted molar refractivity (Wildman–Crippen MR) is 62.2 cm³/mol. The summed E-state index contributed by atoms with van der Waals surface area (Å²) in [6.07, 6.45) is 4.97. The van der Waals surface area contributed by atoms with Crippen molar-refractivity contribution in [1.29, 1.82) is 0 Å². The number of allylic oxidation sites excluding steroid dienone is 3. The van der Waals surface area contributed by atoms with E-state index >= 15 is 0 Å². The minimum atomic E-state index is 0.720. The lowest BCUT2D eigenvalue weighted by Gasteiger charge is -2.18. The van der Waals surface area contributed by atoms with Crippen LogP contribution in [0.2, 0.25) is 0 Å². The summed E-state index contributed by atoms with van der Waals surface area (Å²) in [5.41, 5.74) is 2.10. The molecular weight excluding hydrogens is 174 g/mol. The average Bonchev–Trinajstić information content (AvgIpc) is 2.21. The fourth-order valence-electron chi connectivity index (χ4n) is 0.831. The van der Waals surface area contributed by atoms with Crippen LogP contribution < -0.4 is 0 Å². The number of likely N-dealkylation sites (N-methyl/N-ethyl adjacent to an activating group) is 1. The fraction of sp³-hybridized carbons (Fsp3) is 0.500. The van der Waals surface area contributed by atoms with Gasteiger partial charge in [0.05, 0.1) is 6.61 Å². The Hall–Kier alpha value is -1.02. The van der Waals surface area contributed by atoms with Crippen molar-refractivity contribution in [2.45, 2.75) is 13.3 Å². The Morgan fingerprint density at radius 3 is 2.50 bits per heavy atom. The van der Waals surface area contributed by atoms with E-state index in [1.165, 1.54) is 0 Å². The van der Waals surface area contributed by atoms with Gasteiger partial charge in [-0.25, -0.2) is 0 Å². The molecule has 2 nitrogen and oxygen atoms in total. The number of ether oxygens (including phenoxy) is 1. The van der Waals surface area contributed by atoms with E-state index in [2.05, 4.69) is 25.0 Å². The molecule has 0 heterocycles. The zero-order valence-corrected chi connectivity index (χ0v) is 9.55. The molecule has 0 aromatic rings. The van der Waals surface area contributed by atoms with Crippen LogP contribution in [0.15, 0.2) is 36.6 Å². The molecule has 0 aromatic heterocycles. The zero-order valence-electron chi connectivity index (χ0n) is 9.55. The summed E-state index contributed by atoms with van der Waals surface area (Å²) in [4.78, 5) is 2.06. The van der Waals surface area contributed by atoms with Crippen molar-refractivity contribution in [3.63, 3.8) is 0 Å². The smallest absolute Gasteiger partial charge is 0.0637 e. The van der Waals surface area contributed by atoms with Crippen LogP contribution in [0.5, 0.6) is 0 Å². The van der Waals surface area contributed by atoms with Crippen LogP contribution in [0.25, 0.3) is 0 Å². The molecule has 0 N–H and O–H groups in total. The minimum absolute atomic E-state index is 0.720. The van der Waals surface area contributed by atoms with E-state index in [1.807, 2.05) is 19.2 Å². The summed E-state index contributed by atoms with van der Waals surface area (Å²) in [6, 6.07) is 0. The van der Waals surface area contributed by atoms with Crippen LogP contribution >= 0.6 is 0 Å². The SMILES string of the molecule is C=C(/C=C\C(=C)N(C)CCOC)CC. The van der Waals surface area contributed by atoms with Crippen molar-refractivity contribution >= 4 is 0 Å². The molecule has 0 aromatic carbocycles. The molecule has 0 rings (SSSR count). The summed E-state index contributed by atoms with van der Waals surface area (Å²) in [6.45, 7) is 11.5. The molecule has 0 aliphatic heterocycles. The molecule has 0 amide bonds. The molecule has 2 heteroatoms. The Bertz CT molecular complexity index is 218. The zero-order chi connectivity index (χ0) is 11.0. The molecular formula is C12H21NO. The highest BCUT2D eigenvalue weighted by molar-refractivity contribution is 5.23. The van der Waals surface area contributed by atoms with Gasteiger partial charge >= 0.3 is 0 Å². The molecule has 0 spiro atoms. The van der Waals surface area contributed by atoms with Crippen molar-refractivity contribution < 1.29 is 4.74 Å².